The van der Waals surface area contributed by atoms with E-state index in [2.05, 4.69) is 20.8 Å². The van der Waals surface area contributed by atoms with Crippen molar-refractivity contribution >= 4 is 38.0 Å². The SMILES string of the molecule is CC[C@H]1OC(=O)C[C@@H](O[Si](CC)(CC)CC)[C@H](C)[C@@H](OC2OC(C)C(OC(C)=O)C(N(C)C)C2OC(C)=O)[C@@H](C)C[C@](C)(O)C(=O)/C=C/C(C)=C/C1COC(C)=O. The van der Waals surface area contributed by atoms with E-state index in [-0.39, 0.29) is 19.4 Å². The van der Waals surface area contributed by atoms with Gasteiger partial charge in [-0.1, -0.05) is 59.3 Å². The number of carbonyl (C=O) groups excluding carboxylic acids is 5. The molecule has 1 saturated heterocycles. The number of likely N-dealkylation sites (N-methyl/N-ethyl adjacent to an activating group) is 1. The number of allylic oxidation sites excluding steroid dienone is 2. The number of cyclic esters (lactones) is 1. The normalized spacial score (nSPS) is 35.1. The van der Waals surface area contributed by atoms with Crippen molar-refractivity contribution in [2.75, 3.05) is 20.7 Å². The molecule has 1 fully saturated rings. The number of esters is 4. The van der Waals surface area contributed by atoms with Gasteiger partial charge in [0, 0.05) is 32.6 Å². The van der Waals surface area contributed by atoms with Gasteiger partial charge in [0.1, 0.15) is 24.4 Å². The summed E-state index contributed by atoms with van der Waals surface area (Å²) in [5, 5.41) is 11.8. The maximum atomic E-state index is 14.1. The second-order valence-electron chi connectivity index (χ2n) is 16.3. The van der Waals surface area contributed by atoms with Crippen LogP contribution in [0.25, 0.3) is 0 Å². The summed E-state index contributed by atoms with van der Waals surface area (Å²) in [5.74, 6) is -4.30. The molecule has 0 aromatic heterocycles. The highest BCUT2D eigenvalue weighted by atomic mass is 28.4. The molecule has 1 N–H and O–H groups in total. The van der Waals surface area contributed by atoms with Crippen LogP contribution >= 0.6 is 0 Å². The number of hydrogen-bond donors (Lipinski definition) is 1. The van der Waals surface area contributed by atoms with Gasteiger partial charge in [-0.05, 0) is 77.8 Å². The van der Waals surface area contributed by atoms with Crippen molar-refractivity contribution in [3.63, 3.8) is 0 Å². The molecular formula is C42H71NO13Si. The van der Waals surface area contributed by atoms with Crippen molar-refractivity contribution in [1.82, 2.24) is 4.90 Å². The van der Waals surface area contributed by atoms with Gasteiger partial charge in [-0.25, -0.2) is 0 Å². The van der Waals surface area contributed by atoms with Gasteiger partial charge in [-0.2, -0.15) is 0 Å². The first-order chi connectivity index (χ1) is 26.5. The van der Waals surface area contributed by atoms with Crippen LogP contribution in [0.4, 0.5) is 0 Å². The fourth-order valence-electron chi connectivity index (χ4n) is 8.12. The Labute approximate surface area is 341 Å². The standard InChI is InChI=1S/C42H71NO13Si/c1-15-33-32(24-50-29(9)44)21-25(5)19-20-35(47)42(12,49)23-26(6)38(27(7)34(22-36(48)54-33)56-57(16-2,17-3)18-4)55-41-40(53-31(11)46)37(43(13)14)39(28(8)51-41)52-30(10)45/h19-21,26-28,32-34,37-41,49H,15-18,22-24H2,1-14H3/b20-19+,25-21+/t26-,27-,28?,32?,33+,34+,37?,38-,39?,40?,41?,42-/m0/s1. The van der Waals surface area contributed by atoms with Crippen molar-refractivity contribution in [1.29, 1.82) is 0 Å². The molecule has 0 bridgehead atoms. The Bertz CT molecular complexity index is 1420. The third kappa shape index (κ3) is 14.4. The molecule has 0 aliphatic carbocycles. The molecule has 2 heterocycles. The molecule has 12 atom stereocenters. The van der Waals surface area contributed by atoms with E-state index in [1.807, 2.05) is 20.8 Å². The summed E-state index contributed by atoms with van der Waals surface area (Å²) < 4.78 is 43.6. The Morgan fingerprint density at radius 3 is 2.00 bits per heavy atom. The van der Waals surface area contributed by atoms with Crippen LogP contribution in [0.3, 0.4) is 0 Å². The molecule has 57 heavy (non-hydrogen) atoms. The lowest BCUT2D eigenvalue weighted by Crippen LogP contribution is -2.65. The number of aliphatic hydroxyl groups is 1. The van der Waals surface area contributed by atoms with Gasteiger partial charge in [-0.15, -0.1) is 0 Å². The minimum atomic E-state index is -2.41. The zero-order valence-corrected chi connectivity index (χ0v) is 37.8. The fourth-order valence-corrected chi connectivity index (χ4v) is 11.1. The third-order valence-electron chi connectivity index (χ3n) is 11.5. The predicted octanol–water partition coefficient (Wildman–Crippen LogP) is 5.69. The molecule has 2 aliphatic rings. The van der Waals surface area contributed by atoms with Crippen LogP contribution in [-0.2, 0) is 56.8 Å². The lowest BCUT2D eigenvalue weighted by Gasteiger charge is -2.49. The van der Waals surface area contributed by atoms with Crippen molar-refractivity contribution < 1.29 is 61.9 Å². The van der Waals surface area contributed by atoms with Gasteiger partial charge in [0.25, 0.3) is 0 Å². The number of carbonyl (C=O) groups is 5. The summed E-state index contributed by atoms with van der Waals surface area (Å²) in [6, 6.07) is 1.70. The fraction of sp³-hybridized carbons (Fsp3) is 0.786. The smallest absolute Gasteiger partial charge is 0.308 e. The highest BCUT2D eigenvalue weighted by Crippen LogP contribution is 2.38. The Kier molecular flexibility index (Phi) is 19.7. The molecule has 0 aromatic carbocycles. The maximum Gasteiger partial charge on any atom is 0.308 e. The van der Waals surface area contributed by atoms with Crippen LogP contribution < -0.4 is 0 Å². The number of rotatable bonds is 13. The van der Waals surface area contributed by atoms with E-state index in [4.69, 9.17) is 32.8 Å². The molecule has 15 heteroatoms. The average molecular weight is 826 g/mol. The van der Waals surface area contributed by atoms with Crippen LogP contribution in [0.2, 0.25) is 18.1 Å². The minimum Gasteiger partial charge on any atom is -0.465 e. The Morgan fingerprint density at radius 2 is 1.49 bits per heavy atom. The van der Waals surface area contributed by atoms with Crippen LogP contribution in [0.15, 0.2) is 23.8 Å². The van der Waals surface area contributed by atoms with E-state index in [1.54, 1.807) is 45.0 Å². The molecule has 6 unspecified atom stereocenters. The highest BCUT2D eigenvalue weighted by Gasteiger charge is 2.52. The lowest BCUT2D eigenvalue weighted by molar-refractivity contribution is -0.307. The molecule has 2 rings (SSSR count). The number of ether oxygens (including phenoxy) is 6. The molecule has 0 spiro atoms. The molecule has 0 radical (unpaired) electrons. The topological polar surface area (TPSA) is 173 Å². The van der Waals surface area contributed by atoms with Gasteiger partial charge < -0.3 is 38.0 Å². The van der Waals surface area contributed by atoms with E-state index >= 15 is 0 Å². The van der Waals surface area contributed by atoms with Crippen molar-refractivity contribution in [2.45, 2.75) is 175 Å². The summed E-state index contributed by atoms with van der Waals surface area (Å²) in [6.45, 7) is 20.7. The van der Waals surface area contributed by atoms with Crippen molar-refractivity contribution in [2.24, 2.45) is 17.8 Å². The van der Waals surface area contributed by atoms with E-state index in [9.17, 15) is 29.1 Å². The first-order valence-corrected chi connectivity index (χ1v) is 23.0. The molecule has 326 valence electrons. The van der Waals surface area contributed by atoms with Crippen LogP contribution in [0.1, 0.15) is 102 Å². The first kappa shape index (κ1) is 50.2. The largest absolute Gasteiger partial charge is 0.465 e. The molecule has 0 saturated carbocycles. The highest BCUT2D eigenvalue weighted by molar-refractivity contribution is 6.73. The number of hydrogen-bond acceptors (Lipinski definition) is 14. The zero-order valence-electron chi connectivity index (χ0n) is 36.8. The summed E-state index contributed by atoms with van der Waals surface area (Å²) >= 11 is 0. The molecule has 0 amide bonds. The van der Waals surface area contributed by atoms with Gasteiger partial charge in [0.15, 0.2) is 26.5 Å². The monoisotopic (exact) mass is 825 g/mol. The van der Waals surface area contributed by atoms with Crippen LogP contribution in [0.5, 0.6) is 0 Å². The second-order valence-corrected chi connectivity index (χ2v) is 21.1. The molecule has 14 nitrogen and oxygen atoms in total. The van der Waals surface area contributed by atoms with Crippen LogP contribution in [0, 0.1) is 17.8 Å². The summed E-state index contributed by atoms with van der Waals surface area (Å²) in [7, 11) is 1.14. The summed E-state index contributed by atoms with van der Waals surface area (Å²) in [5.41, 5.74) is -1.20. The van der Waals surface area contributed by atoms with Gasteiger partial charge >= 0.3 is 23.9 Å². The van der Waals surface area contributed by atoms with Gasteiger partial charge in [0.2, 0.25) is 0 Å². The number of ketones is 1. The Balaban J connectivity index is 2.84. The molecule has 0 aromatic rings. The van der Waals surface area contributed by atoms with Crippen molar-refractivity contribution in [3.05, 3.63) is 23.8 Å². The second kappa shape index (κ2) is 22.4. The van der Waals surface area contributed by atoms with Gasteiger partial charge in [0.05, 0.1) is 30.8 Å². The predicted molar refractivity (Wildman–Crippen MR) is 216 cm³/mol. The van der Waals surface area contributed by atoms with Crippen molar-refractivity contribution in [3.8, 4) is 0 Å². The Morgan fingerprint density at radius 1 is 0.912 bits per heavy atom. The number of nitrogens with zero attached hydrogens (tertiary/aromatic N) is 1. The summed E-state index contributed by atoms with van der Waals surface area (Å²) in [6.07, 6.45) is -1.12. The molecule has 2 aliphatic heterocycles. The molecular weight excluding hydrogens is 755 g/mol. The zero-order chi connectivity index (χ0) is 43.4. The average Bonchev–Trinajstić information content (AvgIpc) is 3.12. The van der Waals surface area contributed by atoms with Crippen LogP contribution in [-0.4, -0.2) is 123 Å². The van der Waals surface area contributed by atoms with Gasteiger partial charge in [-0.3, -0.25) is 28.9 Å². The van der Waals surface area contributed by atoms with E-state index < -0.39 is 110 Å². The summed E-state index contributed by atoms with van der Waals surface area (Å²) in [4.78, 5) is 66.3. The first-order valence-electron chi connectivity index (χ1n) is 20.5. The van der Waals surface area contributed by atoms with E-state index in [0.717, 1.165) is 18.1 Å². The minimum absolute atomic E-state index is 0.0468. The third-order valence-corrected chi connectivity index (χ3v) is 16.1. The van der Waals surface area contributed by atoms with E-state index in [0.29, 0.717) is 12.0 Å². The van der Waals surface area contributed by atoms with E-state index in [1.165, 1.54) is 33.8 Å². The Hall–Kier alpha value is -2.95. The lowest BCUT2D eigenvalue weighted by atomic mass is 9.80. The maximum absolute atomic E-state index is 14.1. The quantitative estimate of drug-likeness (QED) is 0.136.